The molecule has 1 aromatic carbocycles. The molecule has 2 fully saturated rings. The number of amides is 1. The summed E-state index contributed by atoms with van der Waals surface area (Å²) in [6.07, 6.45) is 8.42. The van der Waals surface area contributed by atoms with Crippen molar-refractivity contribution < 1.29 is 4.79 Å². The Kier molecular flexibility index (Phi) is 6.47. The molecule has 0 unspecified atom stereocenters. The normalized spacial score (nSPS) is 21.8. The van der Waals surface area contributed by atoms with Crippen molar-refractivity contribution in [3.8, 4) is 0 Å². The summed E-state index contributed by atoms with van der Waals surface area (Å²) in [5.41, 5.74) is 1.67. The molecule has 2 aromatic rings. The summed E-state index contributed by atoms with van der Waals surface area (Å²) in [6.45, 7) is 6.60. The molecule has 1 amide bonds. The van der Waals surface area contributed by atoms with Crippen LogP contribution in [-0.4, -0.2) is 20.7 Å². The van der Waals surface area contributed by atoms with Crippen molar-refractivity contribution in [1.29, 1.82) is 0 Å². The van der Waals surface area contributed by atoms with E-state index in [1.807, 2.05) is 25.1 Å². The van der Waals surface area contributed by atoms with E-state index in [-0.39, 0.29) is 5.91 Å². The van der Waals surface area contributed by atoms with Gasteiger partial charge in [0.05, 0.1) is 0 Å². The molecule has 0 radical (unpaired) electrons. The largest absolute Gasteiger partial charge is 0.326 e. The molecule has 5 nitrogen and oxygen atoms in total. The first-order chi connectivity index (χ1) is 14.4. The summed E-state index contributed by atoms with van der Waals surface area (Å²) >= 11 is 6.16. The minimum Gasteiger partial charge on any atom is -0.326 e. The van der Waals surface area contributed by atoms with E-state index in [0.717, 1.165) is 28.9 Å². The van der Waals surface area contributed by atoms with Gasteiger partial charge in [0.1, 0.15) is 11.6 Å². The number of aryl methyl sites for hydroxylation is 1. The summed E-state index contributed by atoms with van der Waals surface area (Å²) in [6, 6.07) is 6.11. The van der Waals surface area contributed by atoms with E-state index >= 15 is 0 Å². The lowest BCUT2D eigenvalue weighted by molar-refractivity contribution is -0.116. The van der Waals surface area contributed by atoms with Gasteiger partial charge in [-0.05, 0) is 75.0 Å². The standard InChI is InChI=1S/C24H33ClN4O/c1-15(2)17-7-9-18(10-8-17)24-28-27-22(29(24)19-11-12-19)13-14-23(30)26-21-6-4-5-20(25)16(21)3/h4-6,15,17-19H,7-14H2,1-3H3,(H,26,30)/t17-,18-. The highest BCUT2D eigenvalue weighted by atomic mass is 35.5. The SMILES string of the molecule is Cc1c(Cl)cccc1NC(=O)CCc1nnc([C@H]2CC[C@H](C(C)C)CC2)n1C1CC1. The molecule has 2 saturated carbocycles. The zero-order chi connectivity index (χ0) is 21.3. The average molecular weight is 429 g/mol. The highest BCUT2D eigenvalue weighted by Crippen LogP contribution is 2.43. The highest BCUT2D eigenvalue weighted by molar-refractivity contribution is 6.31. The van der Waals surface area contributed by atoms with Gasteiger partial charge in [0, 0.05) is 35.5 Å². The van der Waals surface area contributed by atoms with Crippen LogP contribution in [0.3, 0.4) is 0 Å². The van der Waals surface area contributed by atoms with Crippen LogP contribution in [0.25, 0.3) is 0 Å². The summed E-state index contributed by atoms with van der Waals surface area (Å²) in [5, 5.41) is 12.8. The highest BCUT2D eigenvalue weighted by Gasteiger charge is 2.34. The molecular formula is C24H33ClN4O. The van der Waals surface area contributed by atoms with Crippen LogP contribution >= 0.6 is 11.6 Å². The Labute approximate surface area is 184 Å². The van der Waals surface area contributed by atoms with Gasteiger partial charge in [0.15, 0.2) is 0 Å². The number of halogens is 1. The van der Waals surface area contributed by atoms with Gasteiger partial charge in [-0.3, -0.25) is 4.79 Å². The molecule has 1 aromatic heterocycles. The number of hydrogen-bond acceptors (Lipinski definition) is 3. The Morgan fingerprint density at radius 1 is 1.17 bits per heavy atom. The molecule has 2 aliphatic carbocycles. The van der Waals surface area contributed by atoms with Gasteiger partial charge in [-0.1, -0.05) is 31.5 Å². The molecule has 2 aliphatic rings. The summed E-state index contributed by atoms with van der Waals surface area (Å²) in [4.78, 5) is 12.5. The first kappa shape index (κ1) is 21.4. The maximum Gasteiger partial charge on any atom is 0.224 e. The van der Waals surface area contributed by atoms with Crippen molar-refractivity contribution in [2.24, 2.45) is 11.8 Å². The smallest absolute Gasteiger partial charge is 0.224 e. The van der Waals surface area contributed by atoms with Crippen LogP contribution in [0, 0.1) is 18.8 Å². The third kappa shape index (κ3) is 4.72. The van der Waals surface area contributed by atoms with Crippen LogP contribution in [0.1, 0.15) is 88.0 Å². The van der Waals surface area contributed by atoms with Crippen molar-refractivity contribution >= 4 is 23.2 Å². The molecule has 0 aliphatic heterocycles. The number of anilines is 1. The fourth-order valence-corrected chi connectivity index (χ4v) is 4.92. The van der Waals surface area contributed by atoms with Gasteiger partial charge in [-0.2, -0.15) is 0 Å². The molecule has 0 spiro atoms. The van der Waals surface area contributed by atoms with E-state index in [0.29, 0.717) is 29.8 Å². The predicted molar refractivity (Wildman–Crippen MR) is 121 cm³/mol. The Morgan fingerprint density at radius 2 is 1.90 bits per heavy atom. The number of hydrogen-bond donors (Lipinski definition) is 1. The third-order valence-electron chi connectivity index (χ3n) is 6.90. The third-order valence-corrected chi connectivity index (χ3v) is 7.31. The minimum absolute atomic E-state index is 0.00953. The lowest BCUT2D eigenvalue weighted by Gasteiger charge is -2.30. The first-order valence-electron chi connectivity index (χ1n) is 11.4. The van der Waals surface area contributed by atoms with Crippen LogP contribution in [0.15, 0.2) is 18.2 Å². The molecule has 0 atom stereocenters. The van der Waals surface area contributed by atoms with Gasteiger partial charge in [-0.25, -0.2) is 0 Å². The Morgan fingerprint density at radius 3 is 2.57 bits per heavy atom. The van der Waals surface area contributed by atoms with Crippen LogP contribution < -0.4 is 5.32 Å². The molecule has 1 heterocycles. The van der Waals surface area contributed by atoms with Crippen LogP contribution in [0.4, 0.5) is 5.69 Å². The molecule has 6 heteroatoms. The van der Waals surface area contributed by atoms with E-state index in [1.165, 1.54) is 44.3 Å². The van der Waals surface area contributed by atoms with E-state index in [2.05, 4.69) is 33.9 Å². The number of nitrogens with zero attached hydrogens (tertiary/aromatic N) is 3. The van der Waals surface area contributed by atoms with E-state index < -0.39 is 0 Å². The van der Waals surface area contributed by atoms with Gasteiger partial charge in [0.2, 0.25) is 5.91 Å². The van der Waals surface area contributed by atoms with Gasteiger partial charge in [-0.15, -0.1) is 10.2 Å². The van der Waals surface area contributed by atoms with Gasteiger partial charge in [0.25, 0.3) is 0 Å². The zero-order valence-corrected chi connectivity index (χ0v) is 19.1. The number of rotatable bonds is 7. The number of nitrogens with one attached hydrogen (secondary N) is 1. The monoisotopic (exact) mass is 428 g/mol. The molecule has 30 heavy (non-hydrogen) atoms. The van der Waals surface area contributed by atoms with Crippen LogP contribution in [0.2, 0.25) is 5.02 Å². The topological polar surface area (TPSA) is 59.8 Å². The quantitative estimate of drug-likeness (QED) is 0.581. The second-order valence-electron chi connectivity index (χ2n) is 9.39. The number of carbonyl (C=O) groups is 1. The Balaban J connectivity index is 1.40. The molecule has 0 saturated heterocycles. The fourth-order valence-electron chi connectivity index (χ4n) is 4.74. The maximum atomic E-state index is 12.5. The molecular weight excluding hydrogens is 396 g/mol. The summed E-state index contributed by atoms with van der Waals surface area (Å²) in [7, 11) is 0. The van der Waals surface area contributed by atoms with Crippen molar-refractivity contribution in [3.05, 3.63) is 40.4 Å². The molecule has 4 rings (SSSR count). The van der Waals surface area contributed by atoms with Gasteiger partial charge >= 0.3 is 0 Å². The van der Waals surface area contributed by atoms with E-state index in [4.69, 9.17) is 11.6 Å². The van der Waals surface area contributed by atoms with E-state index in [1.54, 1.807) is 0 Å². The van der Waals surface area contributed by atoms with Crippen molar-refractivity contribution in [2.45, 2.75) is 84.1 Å². The van der Waals surface area contributed by atoms with Gasteiger partial charge < -0.3 is 9.88 Å². The first-order valence-corrected chi connectivity index (χ1v) is 11.8. The summed E-state index contributed by atoms with van der Waals surface area (Å²) in [5.74, 6) is 4.26. The zero-order valence-electron chi connectivity index (χ0n) is 18.3. The maximum absolute atomic E-state index is 12.5. The Bertz CT molecular complexity index is 895. The second-order valence-corrected chi connectivity index (χ2v) is 9.80. The fraction of sp³-hybridized carbons (Fsp3) is 0.625. The van der Waals surface area contributed by atoms with Crippen molar-refractivity contribution in [1.82, 2.24) is 14.8 Å². The predicted octanol–water partition coefficient (Wildman–Crippen LogP) is 6.08. The lowest BCUT2D eigenvalue weighted by Crippen LogP contribution is -2.20. The molecule has 1 N–H and O–H groups in total. The van der Waals surface area contributed by atoms with Crippen molar-refractivity contribution in [3.63, 3.8) is 0 Å². The number of benzene rings is 1. The average Bonchev–Trinajstić information content (AvgIpc) is 3.49. The second kappa shape index (κ2) is 9.09. The van der Waals surface area contributed by atoms with Crippen molar-refractivity contribution in [2.75, 3.05) is 5.32 Å². The molecule has 0 bridgehead atoms. The Hall–Kier alpha value is -1.88. The number of aromatic nitrogens is 3. The number of carbonyl (C=O) groups excluding carboxylic acids is 1. The van der Waals surface area contributed by atoms with Crippen LogP contribution in [0.5, 0.6) is 0 Å². The molecule has 162 valence electrons. The minimum atomic E-state index is -0.00953. The lowest BCUT2D eigenvalue weighted by atomic mass is 9.76. The summed E-state index contributed by atoms with van der Waals surface area (Å²) < 4.78 is 2.37. The van der Waals surface area contributed by atoms with Crippen LogP contribution in [-0.2, 0) is 11.2 Å². The van der Waals surface area contributed by atoms with E-state index in [9.17, 15) is 4.79 Å².